The van der Waals surface area contributed by atoms with E-state index in [4.69, 9.17) is 4.74 Å². The van der Waals surface area contributed by atoms with Crippen LogP contribution in [0, 0.1) is 0 Å². The van der Waals surface area contributed by atoms with Gasteiger partial charge in [0.1, 0.15) is 5.75 Å². The second-order valence-corrected chi connectivity index (χ2v) is 5.20. The van der Waals surface area contributed by atoms with Crippen molar-refractivity contribution >= 4 is 11.8 Å². The van der Waals surface area contributed by atoms with Crippen molar-refractivity contribution in [2.24, 2.45) is 0 Å². The Bertz CT molecular complexity index is 367. The van der Waals surface area contributed by atoms with Crippen molar-refractivity contribution in [1.82, 2.24) is 5.32 Å². The van der Waals surface area contributed by atoms with Crippen LogP contribution < -0.4 is 10.1 Å². The summed E-state index contributed by atoms with van der Waals surface area (Å²) in [6.07, 6.45) is 3.01. The van der Waals surface area contributed by atoms with Gasteiger partial charge in [-0.1, -0.05) is 24.3 Å². The van der Waals surface area contributed by atoms with Crippen LogP contribution in [-0.2, 0) is 0 Å². The highest BCUT2D eigenvalue weighted by molar-refractivity contribution is 7.99. The van der Waals surface area contributed by atoms with Crippen LogP contribution in [-0.4, -0.2) is 24.7 Å². The zero-order valence-corrected chi connectivity index (χ0v) is 10.8. The zero-order chi connectivity index (χ0) is 11.9. The number of nitrogens with one attached hydrogen (secondary N) is 1. The topological polar surface area (TPSA) is 21.3 Å². The van der Waals surface area contributed by atoms with Gasteiger partial charge in [-0.15, -0.1) is 6.58 Å². The second-order valence-electron chi connectivity index (χ2n) is 4.05. The first-order valence-electron chi connectivity index (χ1n) is 6.05. The molecule has 0 aliphatic carbocycles. The molecule has 0 amide bonds. The van der Waals surface area contributed by atoms with Gasteiger partial charge in [-0.2, -0.15) is 11.8 Å². The van der Waals surface area contributed by atoms with Crippen LogP contribution in [0.4, 0.5) is 0 Å². The van der Waals surface area contributed by atoms with Crippen LogP contribution >= 0.6 is 11.8 Å². The van der Waals surface area contributed by atoms with E-state index in [0.29, 0.717) is 6.04 Å². The fourth-order valence-corrected chi connectivity index (χ4v) is 2.62. The largest absolute Gasteiger partial charge is 0.493 e. The normalized spacial score (nSPS) is 18.2. The molecular weight excluding hydrogens is 230 g/mol. The summed E-state index contributed by atoms with van der Waals surface area (Å²) < 4.78 is 5.64. The summed E-state index contributed by atoms with van der Waals surface area (Å²) in [5.41, 5.74) is 1.30. The molecule has 0 fully saturated rings. The van der Waals surface area contributed by atoms with E-state index >= 15 is 0 Å². The number of thioether (sulfide) groups is 1. The van der Waals surface area contributed by atoms with Crippen molar-refractivity contribution in [3.8, 4) is 5.75 Å². The molecule has 1 aliphatic heterocycles. The van der Waals surface area contributed by atoms with E-state index in [2.05, 4.69) is 30.1 Å². The van der Waals surface area contributed by atoms with E-state index in [0.717, 1.165) is 36.8 Å². The highest BCUT2D eigenvalue weighted by Crippen LogP contribution is 2.31. The summed E-state index contributed by atoms with van der Waals surface area (Å²) in [6.45, 7) is 5.57. The number of rotatable bonds is 6. The Morgan fingerprint density at radius 1 is 1.47 bits per heavy atom. The third kappa shape index (κ3) is 3.51. The molecule has 17 heavy (non-hydrogen) atoms. The molecule has 0 radical (unpaired) electrons. The summed E-state index contributed by atoms with van der Waals surface area (Å²) in [5.74, 6) is 3.20. The summed E-state index contributed by atoms with van der Waals surface area (Å²) >= 11 is 1.91. The highest BCUT2D eigenvalue weighted by atomic mass is 32.2. The SMILES string of the molecule is C=CCSCCNC1CCOc2ccccc21. The average molecular weight is 249 g/mol. The van der Waals surface area contributed by atoms with Crippen LogP contribution in [0.2, 0.25) is 0 Å². The Balaban J connectivity index is 1.84. The lowest BCUT2D eigenvalue weighted by Crippen LogP contribution is -2.28. The van der Waals surface area contributed by atoms with Gasteiger partial charge in [0.25, 0.3) is 0 Å². The molecule has 1 unspecified atom stereocenters. The van der Waals surface area contributed by atoms with Gasteiger partial charge in [-0.05, 0) is 6.07 Å². The first-order valence-corrected chi connectivity index (χ1v) is 7.21. The minimum atomic E-state index is 0.448. The third-order valence-corrected chi connectivity index (χ3v) is 3.80. The summed E-state index contributed by atoms with van der Waals surface area (Å²) in [5, 5.41) is 3.60. The number of hydrogen-bond donors (Lipinski definition) is 1. The van der Waals surface area contributed by atoms with Crippen LogP contribution in [0.3, 0.4) is 0 Å². The van der Waals surface area contributed by atoms with Gasteiger partial charge < -0.3 is 10.1 Å². The molecule has 1 N–H and O–H groups in total. The van der Waals surface area contributed by atoms with Crippen molar-refractivity contribution in [2.45, 2.75) is 12.5 Å². The molecule has 1 aromatic rings. The molecule has 1 aliphatic rings. The Hall–Kier alpha value is -0.930. The van der Waals surface area contributed by atoms with Gasteiger partial charge in [0.15, 0.2) is 0 Å². The summed E-state index contributed by atoms with van der Waals surface area (Å²) in [6, 6.07) is 8.76. The van der Waals surface area contributed by atoms with Crippen molar-refractivity contribution < 1.29 is 4.74 Å². The Labute approximate surface area is 107 Å². The van der Waals surface area contributed by atoms with Gasteiger partial charge >= 0.3 is 0 Å². The molecule has 2 nitrogen and oxygen atoms in total. The molecule has 2 rings (SSSR count). The molecule has 1 aromatic carbocycles. The maximum absolute atomic E-state index is 5.64. The summed E-state index contributed by atoms with van der Waals surface area (Å²) in [7, 11) is 0. The van der Waals surface area contributed by atoms with E-state index in [1.54, 1.807) is 0 Å². The molecule has 0 aromatic heterocycles. The zero-order valence-electron chi connectivity index (χ0n) is 10.0. The Kier molecular flexibility index (Phi) is 4.95. The number of benzene rings is 1. The van der Waals surface area contributed by atoms with E-state index in [9.17, 15) is 0 Å². The minimum absolute atomic E-state index is 0.448. The van der Waals surface area contributed by atoms with Crippen molar-refractivity contribution in [1.29, 1.82) is 0 Å². The van der Waals surface area contributed by atoms with Crippen molar-refractivity contribution in [3.05, 3.63) is 42.5 Å². The minimum Gasteiger partial charge on any atom is -0.493 e. The van der Waals surface area contributed by atoms with Crippen LogP contribution in [0.15, 0.2) is 36.9 Å². The molecule has 0 saturated heterocycles. The van der Waals surface area contributed by atoms with Gasteiger partial charge in [0.05, 0.1) is 6.61 Å². The first-order chi connectivity index (χ1) is 8.42. The summed E-state index contributed by atoms with van der Waals surface area (Å²) in [4.78, 5) is 0. The number of ether oxygens (including phenoxy) is 1. The first kappa shape index (κ1) is 12.5. The quantitative estimate of drug-likeness (QED) is 0.618. The van der Waals surface area contributed by atoms with E-state index in [1.165, 1.54) is 5.56 Å². The maximum Gasteiger partial charge on any atom is 0.124 e. The molecular formula is C14H19NOS. The molecule has 0 spiro atoms. The van der Waals surface area contributed by atoms with Gasteiger partial charge in [0, 0.05) is 36.1 Å². The predicted octanol–water partition coefficient (Wildman–Crippen LogP) is 3.02. The second kappa shape index (κ2) is 6.72. The highest BCUT2D eigenvalue weighted by Gasteiger charge is 2.19. The lowest BCUT2D eigenvalue weighted by Gasteiger charge is -2.26. The van der Waals surface area contributed by atoms with Gasteiger partial charge in [-0.3, -0.25) is 0 Å². The lowest BCUT2D eigenvalue weighted by molar-refractivity contribution is 0.254. The van der Waals surface area contributed by atoms with E-state index in [1.807, 2.05) is 23.9 Å². The standard InChI is InChI=1S/C14H19NOS/c1-2-10-17-11-8-15-13-7-9-16-14-6-4-3-5-12(13)14/h2-6,13,15H,1,7-11H2. The number of para-hydroxylation sites is 1. The van der Waals surface area contributed by atoms with Crippen molar-refractivity contribution in [2.75, 3.05) is 24.7 Å². The smallest absolute Gasteiger partial charge is 0.124 e. The van der Waals surface area contributed by atoms with Crippen LogP contribution in [0.1, 0.15) is 18.0 Å². The fraction of sp³-hybridized carbons (Fsp3) is 0.429. The average Bonchev–Trinajstić information content (AvgIpc) is 2.39. The maximum atomic E-state index is 5.64. The van der Waals surface area contributed by atoms with Crippen LogP contribution in [0.25, 0.3) is 0 Å². The number of fused-ring (bicyclic) bond motifs is 1. The molecule has 1 heterocycles. The van der Waals surface area contributed by atoms with Gasteiger partial charge in [-0.25, -0.2) is 0 Å². The van der Waals surface area contributed by atoms with Crippen molar-refractivity contribution in [3.63, 3.8) is 0 Å². The number of hydrogen-bond acceptors (Lipinski definition) is 3. The Morgan fingerprint density at radius 2 is 2.35 bits per heavy atom. The molecule has 92 valence electrons. The molecule has 1 atom stereocenters. The lowest BCUT2D eigenvalue weighted by atomic mass is 10.0. The van der Waals surface area contributed by atoms with E-state index in [-0.39, 0.29) is 0 Å². The van der Waals surface area contributed by atoms with Gasteiger partial charge in [0.2, 0.25) is 0 Å². The van der Waals surface area contributed by atoms with Crippen LogP contribution in [0.5, 0.6) is 5.75 Å². The molecule has 0 bridgehead atoms. The molecule has 3 heteroatoms. The van der Waals surface area contributed by atoms with E-state index < -0.39 is 0 Å². The molecule has 0 saturated carbocycles. The monoisotopic (exact) mass is 249 g/mol. The Morgan fingerprint density at radius 3 is 3.24 bits per heavy atom. The third-order valence-electron chi connectivity index (χ3n) is 2.83. The fourth-order valence-electron chi connectivity index (χ4n) is 2.03. The predicted molar refractivity (Wildman–Crippen MR) is 74.8 cm³/mol.